The van der Waals surface area contributed by atoms with E-state index in [2.05, 4.69) is 4.98 Å². The molecule has 1 unspecified atom stereocenters. The van der Waals surface area contributed by atoms with Crippen LogP contribution in [0.5, 0.6) is 0 Å². The van der Waals surface area contributed by atoms with E-state index in [-0.39, 0.29) is 0 Å². The molecule has 19 heavy (non-hydrogen) atoms. The summed E-state index contributed by atoms with van der Waals surface area (Å²) in [5.74, 6) is -0.866. The first-order chi connectivity index (χ1) is 9.02. The maximum Gasteiger partial charge on any atom is 0.314 e. The van der Waals surface area contributed by atoms with Crippen LogP contribution in [-0.4, -0.2) is 16.1 Å². The van der Waals surface area contributed by atoms with Crippen LogP contribution in [-0.2, 0) is 16.6 Å². The number of rotatable bonds is 4. The molecule has 1 heterocycles. The quantitative estimate of drug-likeness (QED) is 0.822. The van der Waals surface area contributed by atoms with E-state index in [1.807, 2.05) is 12.1 Å². The average Bonchev–Trinajstić information content (AvgIpc) is 2.39. The molecule has 0 fully saturated rings. The van der Waals surface area contributed by atoms with E-state index in [4.69, 9.17) is 5.73 Å². The molecule has 0 bridgehead atoms. The molecule has 0 radical (unpaired) electrons. The van der Waals surface area contributed by atoms with Crippen molar-refractivity contribution in [3.63, 3.8) is 0 Å². The van der Waals surface area contributed by atoms with E-state index >= 15 is 0 Å². The molecule has 0 aliphatic rings. The van der Waals surface area contributed by atoms with Crippen LogP contribution in [0.4, 0.5) is 5.69 Å². The third-order valence-electron chi connectivity index (χ3n) is 3.30. The van der Waals surface area contributed by atoms with Crippen LogP contribution < -0.4 is 5.73 Å². The molecule has 0 aliphatic heterocycles. The fourth-order valence-corrected chi connectivity index (χ4v) is 2.09. The molecule has 4 nitrogen and oxygen atoms in total. The number of carboxylic acid groups (broad SMARTS) is 1. The summed E-state index contributed by atoms with van der Waals surface area (Å²) in [7, 11) is 0. The molecule has 0 saturated carbocycles. The van der Waals surface area contributed by atoms with Crippen molar-refractivity contribution in [1.82, 2.24) is 4.98 Å². The summed E-state index contributed by atoms with van der Waals surface area (Å²) in [5.41, 5.74) is 6.95. The highest BCUT2D eigenvalue weighted by molar-refractivity contribution is 5.81. The van der Waals surface area contributed by atoms with Gasteiger partial charge in [0.2, 0.25) is 0 Å². The molecule has 0 saturated heterocycles. The Hall–Kier alpha value is -2.36. The highest BCUT2D eigenvalue weighted by Crippen LogP contribution is 2.29. The van der Waals surface area contributed by atoms with Crippen LogP contribution in [0.2, 0.25) is 0 Å². The molecule has 2 aromatic rings. The van der Waals surface area contributed by atoms with Gasteiger partial charge in [-0.3, -0.25) is 9.78 Å². The standard InChI is InChI=1S/C15H16N2O2/c1-15(14(18)19,10-11-5-7-17-8-6-11)12-3-2-4-13(16)9-12/h2-9H,10,16H2,1H3,(H,18,19). The Morgan fingerprint density at radius 1 is 1.32 bits per heavy atom. The van der Waals surface area contributed by atoms with Crippen LogP contribution in [0.1, 0.15) is 18.1 Å². The summed E-state index contributed by atoms with van der Waals surface area (Å²) >= 11 is 0. The summed E-state index contributed by atoms with van der Waals surface area (Å²) in [4.78, 5) is 15.6. The largest absolute Gasteiger partial charge is 0.481 e. The summed E-state index contributed by atoms with van der Waals surface area (Å²) in [5, 5.41) is 9.58. The molecule has 0 spiro atoms. The molecule has 1 aromatic carbocycles. The number of hydrogen-bond donors (Lipinski definition) is 2. The van der Waals surface area contributed by atoms with Gasteiger partial charge in [0.25, 0.3) is 0 Å². The number of benzene rings is 1. The predicted octanol–water partition coefficient (Wildman–Crippen LogP) is 2.25. The monoisotopic (exact) mass is 256 g/mol. The molecule has 3 N–H and O–H groups in total. The minimum atomic E-state index is -1.00. The van der Waals surface area contributed by atoms with Crippen molar-refractivity contribution in [2.45, 2.75) is 18.8 Å². The molecular weight excluding hydrogens is 240 g/mol. The maximum absolute atomic E-state index is 11.7. The van der Waals surface area contributed by atoms with Gasteiger partial charge in [0.05, 0.1) is 5.41 Å². The van der Waals surface area contributed by atoms with E-state index in [0.29, 0.717) is 17.7 Å². The SMILES string of the molecule is CC(Cc1ccncc1)(C(=O)O)c1cccc(N)c1. The number of carboxylic acids is 1. The van der Waals surface area contributed by atoms with E-state index < -0.39 is 11.4 Å². The van der Waals surface area contributed by atoms with Gasteiger partial charge in [-0.25, -0.2) is 0 Å². The normalized spacial score (nSPS) is 13.7. The Bertz CT molecular complexity index is 584. The maximum atomic E-state index is 11.7. The first kappa shape index (κ1) is 13.1. The van der Waals surface area contributed by atoms with Crippen LogP contribution in [0, 0.1) is 0 Å². The third-order valence-corrected chi connectivity index (χ3v) is 3.30. The Kier molecular flexibility index (Phi) is 3.51. The number of nitrogen functional groups attached to an aromatic ring is 1. The topological polar surface area (TPSA) is 76.2 Å². The molecule has 0 aliphatic carbocycles. The molecule has 4 heteroatoms. The smallest absolute Gasteiger partial charge is 0.314 e. The van der Waals surface area contributed by atoms with Gasteiger partial charge < -0.3 is 10.8 Å². The lowest BCUT2D eigenvalue weighted by Gasteiger charge is -2.25. The third kappa shape index (κ3) is 2.73. The van der Waals surface area contributed by atoms with Crippen molar-refractivity contribution in [2.75, 3.05) is 5.73 Å². The Balaban J connectivity index is 2.41. The molecule has 1 aromatic heterocycles. The number of pyridine rings is 1. The summed E-state index contributed by atoms with van der Waals surface area (Å²) in [6.45, 7) is 1.71. The van der Waals surface area contributed by atoms with Gasteiger partial charge in [0.1, 0.15) is 0 Å². The number of nitrogens with two attached hydrogens (primary N) is 1. The van der Waals surface area contributed by atoms with Crippen molar-refractivity contribution in [3.8, 4) is 0 Å². The highest BCUT2D eigenvalue weighted by Gasteiger charge is 2.35. The number of nitrogens with zero attached hydrogens (tertiary/aromatic N) is 1. The zero-order chi connectivity index (χ0) is 13.9. The van der Waals surface area contributed by atoms with Crippen LogP contribution in [0.15, 0.2) is 48.8 Å². The average molecular weight is 256 g/mol. The minimum absolute atomic E-state index is 0.397. The highest BCUT2D eigenvalue weighted by atomic mass is 16.4. The van der Waals surface area contributed by atoms with Crippen molar-refractivity contribution < 1.29 is 9.90 Å². The molecule has 2 rings (SSSR count). The van der Waals surface area contributed by atoms with Crippen LogP contribution >= 0.6 is 0 Å². The van der Waals surface area contributed by atoms with E-state index in [1.165, 1.54) is 0 Å². The number of anilines is 1. The van der Waals surface area contributed by atoms with Gasteiger partial charge in [-0.05, 0) is 48.7 Å². The number of hydrogen-bond acceptors (Lipinski definition) is 3. The number of aromatic nitrogens is 1. The lowest BCUT2D eigenvalue weighted by atomic mass is 9.77. The fourth-order valence-electron chi connectivity index (χ4n) is 2.09. The molecular formula is C15H16N2O2. The lowest BCUT2D eigenvalue weighted by Crippen LogP contribution is -2.34. The Labute approximate surface area is 111 Å². The van der Waals surface area contributed by atoms with E-state index in [9.17, 15) is 9.90 Å². The second kappa shape index (κ2) is 5.10. The van der Waals surface area contributed by atoms with Crippen molar-refractivity contribution >= 4 is 11.7 Å². The van der Waals surface area contributed by atoms with Crippen LogP contribution in [0.3, 0.4) is 0 Å². The van der Waals surface area contributed by atoms with Crippen molar-refractivity contribution in [3.05, 3.63) is 59.9 Å². The summed E-state index contributed by atoms with van der Waals surface area (Å²) in [6, 6.07) is 10.7. The summed E-state index contributed by atoms with van der Waals surface area (Å²) in [6.07, 6.45) is 3.72. The zero-order valence-electron chi connectivity index (χ0n) is 10.7. The fraction of sp³-hybridized carbons (Fsp3) is 0.200. The predicted molar refractivity (Wildman–Crippen MR) is 73.8 cm³/mol. The zero-order valence-corrected chi connectivity index (χ0v) is 10.7. The lowest BCUT2D eigenvalue weighted by molar-refractivity contribution is -0.143. The van der Waals surface area contributed by atoms with Gasteiger partial charge in [0, 0.05) is 18.1 Å². The van der Waals surface area contributed by atoms with Gasteiger partial charge in [-0.15, -0.1) is 0 Å². The molecule has 1 atom stereocenters. The van der Waals surface area contributed by atoms with Gasteiger partial charge in [-0.2, -0.15) is 0 Å². The van der Waals surface area contributed by atoms with Gasteiger partial charge in [-0.1, -0.05) is 12.1 Å². The molecule has 0 amide bonds. The number of aliphatic carboxylic acids is 1. The Morgan fingerprint density at radius 2 is 2.00 bits per heavy atom. The Morgan fingerprint density at radius 3 is 2.58 bits per heavy atom. The number of carbonyl (C=O) groups is 1. The van der Waals surface area contributed by atoms with E-state index in [0.717, 1.165) is 5.56 Å². The molecule has 98 valence electrons. The van der Waals surface area contributed by atoms with Gasteiger partial charge >= 0.3 is 5.97 Å². The van der Waals surface area contributed by atoms with E-state index in [1.54, 1.807) is 43.6 Å². The first-order valence-corrected chi connectivity index (χ1v) is 6.01. The van der Waals surface area contributed by atoms with Crippen LogP contribution in [0.25, 0.3) is 0 Å². The van der Waals surface area contributed by atoms with Gasteiger partial charge in [0.15, 0.2) is 0 Å². The van der Waals surface area contributed by atoms with Crippen molar-refractivity contribution in [1.29, 1.82) is 0 Å². The summed E-state index contributed by atoms with van der Waals surface area (Å²) < 4.78 is 0. The second-order valence-electron chi connectivity index (χ2n) is 4.79. The second-order valence-corrected chi connectivity index (χ2v) is 4.79. The first-order valence-electron chi connectivity index (χ1n) is 6.01. The minimum Gasteiger partial charge on any atom is -0.481 e. The van der Waals surface area contributed by atoms with Crippen molar-refractivity contribution in [2.24, 2.45) is 0 Å².